The Labute approximate surface area is 182 Å². The fourth-order valence-corrected chi connectivity index (χ4v) is 4.27. The molecule has 1 aliphatic heterocycles. The van der Waals surface area contributed by atoms with Gasteiger partial charge in [-0.15, -0.1) is 0 Å². The first-order valence-electron chi connectivity index (χ1n) is 9.27. The maximum atomic E-state index is 12.3. The van der Waals surface area contributed by atoms with Crippen molar-refractivity contribution in [3.05, 3.63) is 18.6 Å². The average molecular weight is 479 g/mol. The van der Waals surface area contributed by atoms with E-state index in [0.717, 1.165) is 11.8 Å². The van der Waals surface area contributed by atoms with Gasteiger partial charge in [-0.3, -0.25) is 4.79 Å². The number of carbonyl (C=O) groups is 2. The maximum Gasteiger partial charge on any atom is 0.471 e. The zero-order valence-electron chi connectivity index (χ0n) is 16.3. The molecule has 6 N–H and O–H groups in total. The van der Waals surface area contributed by atoms with Gasteiger partial charge in [0.25, 0.3) is 0 Å². The lowest BCUT2D eigenvalue weighted by atomic mass is 10.1. The number of anilines is 1. The number of nitrogens with zero attached hydrogens (tertiary/aromatic N) is 3. The van der Waals surface area contributed by atoms with Crippen molar-refractivity contribution in [2.45, 2.75) is 43.2 Å². The van der Waals surface area contributed by atoms with Crippen molar-refractivity contribution in [3.63, 3.8) is 0 Å². The van der Waals surface area contributed by atoms with Gasteiger partial charge in [0.1, 0.15) is 36.0 Å². The molecule has 0 spiro atoms. The molecule has 1 amide bonds. The van der Waals surface area contributed by atoms with Gasteiger partial charge in [0.05, 0.1) is 11.5 Å². The number of aromatic nitrogens is 3. The number of ether oxygens (including phenoxy) is 1. The van der Waals surface area contributed by atoms with E-state index in [1.807, 2.05) is 0 Å². The monoisotopic (exact) mass is 479 g/mol. The molecule has 0 saturated carbocycles. The second kappa shape index (κ2) is 9.48. The number of nitrogens with one attached hydrogen (secondary N) is 1. The van der Waals surface area contributed by atoms with Crippen molar-refractivity contribution in [2.24, 2.45) is 0 Å². The predicted molar refractivity (Wildman–Crippen MR) is 105 cm³/mol. The summed E-state index contributed by atoms with van der Waals surface area (Å²) in [6, 6.07) is -0.0861. The SMILES string of the molecule is Nc1ncnc2c1ccn2C1OC(CSCCC(NC(=O)C(F)(F)F)C(=O)O)C(O)C1O. The number of hydrogen-bond acceptors (Lipinski definition) is 9. The summed E-state index contributed by atoms with van der Waals surface area (Å²) >= 11 is 1.10. The van der Waals surface area contributed by atoms with E-state index >= 15 is 0 Å². The maximum absolute atomic E-state index is 12.3. The van der Waals surface area contributed by atoms with Crippen molar-refractivity contribution in [3.8, 4) is 0 Å². The van der Waals surface area contributed by atoms with Crippen LogP contribution in [0.4, 0.5) is 19.0 Å². The highest BCUT2D eigenvalue weighted by Gasteiger charge is 2.44. The highest BCUT2D eigenvalue weighted by atomic mass is 32.2. The van der Waals surface area contributed by atoms with Crippen molar-refractivity contribution >= 4 is 40.5 Å². The molecule has 0 bridgehead atoms. The Bertz CT molecular complexity index is 989. The Morgan fingerprint density at radius 3 is 2.69 bits per heavy atom. The number of aliphatic hydroxyl groups excluding tert-OH is 2. The first-order chi connectivity index (χ1) is 15.0. The molecule has 1 aliphatic rings. The third kappa shape index (κ3) is 5.06. The van der Waals surface area contributed by atoms with E-state index in [1.165, 1.54) is 16.2 Å². The second-order valence-corrected chi connectivity index (χ2v) is 8.14. The summed E-state index contributed by atoms with van der Waals surface area (Å²) in [5.74, 6) is -3.53. The van der Waals surface area contributed by atoms with Crippen LogP contribution in [0, 0.1) is 0 Å². The molecular weight excluding hydrogens is 459 g/mol. The number of carboxylic acids is 1. The van der Waals surface area contributed by atoms with E-state index in [1.54, 1.807) is 12.3 Å². The minimum Gasteiger partial charge on any atom is -0.480 e. The molecule has 3 heterocycles. The van der Waals surface area contributed by atoms with Gasteiger partial charge >= 0.3 is 18.1 Å². The summed E-state index contributed by atoms with van der Waals surface area (Å²) in [4.78, 5) is 30.0. The number of aliphatic carboxylic acids is 1. The highest BCUT2D eigenvalue weighted by molar-refractivity contribution is 7.99. The number of fused-ring (bicyclic) bond motifs is 1. The number of rotatable bonds is 8. The molecule has 15 heteroatoms. The van der Waals surface area contributed by atoms with Gasteiger partial charge in [-0.05, 0) is 18.2 Å². The number of nitrogen functional groups attached to an aromatic ring is 1. The average Bonchev–Trinajstić information content (AvgIpc) is 3.26. The van der Waals surface area contributed by atoms with E-state index in [9.17, 15) is 33.0 Å². The molecule has 0 aromatic carbocycles. The highest BCUT2D eigenvalue weighted by Crippen LogP contribution is 2.34. The van der Waals surface area contributed by atoms with Crippen LogP contribution in [0.3, 0.4) is 0 Å². The summed E-state index contributed by atoms with van der Waals surface area (Å²) in [7, 11) is 0. The lowest BCUT2D eigenvalue weighted by Crippen LogP contribution is -2.47. The van der Waals surface area contributed by atoms with Crippen LogP contribution < -0.4 is 11.1 Å². The molecule has 1 saturated heterocycles. The van der Waals surface area contributed by atoms with Gasteiger partial charge in [-0.25, -0.2) is 14.8 Å². The molecule has 176 valence electrons. The quantitative estimate of drug-likeness (QED) is 0.322. The lowest BCUT2D eigenvalue weighted by molar-refractivity contribution is -0.175. The Kier molecular flexibility index (Phi) is 7.12. The number of alkyl halides is 3. The van der Waals surface area contributed by atoms with Crippen LogP contribution in [0.2, 0.25) is 0 Å². The van der Waals surface area contributed by atoms with Crippen LogP contribution in [-0.2, 0) is 14.3 Å². The van der Waals surface area contributed by atoms with E-state index in [4.69, 9.17) is 15.6 Å². The Morgan fingerprint density at radius 1 is 1.31 bits per heavy atom. The number of aliphatic hydroxyl groups is 2. The molecule has 5 unspecified atom stereocenters. The summed E-state index contributed by atoms with van der Waals surface area (Å²) in [6.45, 7) is 0. The Hall–Kier alpha value is -2.62. The molecule has 11 nitrogen and oxygen atoms in total. The van der Waals surface area contributed by atoms with E-state index in [2.05, 4.69) is 9.97 Å². The van der Waals surface area contributed by atoms with Crippen LogP contribution in [0.15, 0.2) is 18.6 Å². The Morgan fingerprint density at radius 2 is 2.03 bits per heavy atom. The minimum absolute atomic E-state index is 0.0542. The topological polar surface area (TPSA) is 173 Å². The fourth-order valence-electron chi connectivity index (χ4n) is 3.19. The van der Waals surface area contributed by atoms with Crippen LogP contribution in [0.25, 0.3) is 11.0 Å². The molecule has 3 rings (SSSR count). The van der Waals surface area contributed by atoms with Crippen LogP contribution in [0.5, 0.6) is 0 Å². The van der Waals surface area contributed by atoms with Crippen LogP contribution in [0.1, 0.15) is 12.6 Å². The first-order valence-corrected chi connectivity index (χ1v) is 10.4. The number of thioether (sulfide) groups is 1. The van der Waals surface area contributed by atoms with Gasteiger partial charge < -0.3 is 35.7 Å². The summed E-state index contributed by atoms with van der Waals surface area (Å²) in [5.41, 5.74) is 6.18. The lowest BCUT2D eigenvalue weighted by Gasteiger charge is -2.17. The van der Waals surface area contributed by atoms with Crippen LogP contribution >= 0.6 is 11.8 Å². The molecule has 32 heavy (non-hydrogen) atoms. The van der Waals surface area contributed by atoms with Gasteiger partial charge in [-0.1, -0.05) is 0 Å². The molecule has 2 aromatic heterocycles. The predicted octanol–water partition coefficient (Wildman–Crippen LogP) is -0.112. The van der Waals surface area contributed by atoms with Crippen molar-refractivity contribution in [2.75, 3.05) is 17.2 Å². The van der Waals surface area contributed by atoms with E-state index in [0.29, 0.717) is 11.0 Å². The zero-order chi connectivity index (χ0) is 23.6. The molecule has 0 aliphatic carbocycles. The molecule has 2 aromatic rings. The molecule has 0 radical (unpaired) electrons. The largest absolute Gasteiger partial charge is 0.480 e. The fraction of sp³-hybridized carbons (Fsp3) is 0.529. The van der Waals surface area contributed by atoms with E-state index < -0.39 is 48.6 Å². The number of amides is 1. The third-order valence-corrected chi connectivity index (χ3v) is 5.93. The number of nitrogens with two attached hydrogens (primary N) is 1. The smallest absolute Gasteiger partial charge is 0.471 e. The summed E-state index contributed by atoms with van der Waals surface area (Å²) in [5, 5.41) is 31.7. The molecular formula is C17H20F3N5O6S. The number of hydrogen-bond donors (Lipinski definition) is 5. The number of carbonyl (C=O) groups excluding carboxylic acids is 1. The van der Waals surface area contributed by atoms with Crippen molar-refractivity contribution in [1.29, 1.82) is 0 Å². The normalized spacial score (nSPS) is 24.5. The van der Waals surface area contributed by atoms with Gasteiger partial charge in [0.2, 0.25) is 0 Å². The van der Waals surface area contributed by atoms with Gasteiger partial charge in [0.15, 0.2) is 6.23 Å². The second-order valence-electron chi connectivity index (χ2n) is 6.99. The van der Waals surface area contributed by atoms with E-state index in [-0.39, 0.29) is 23.7 Å². The van der Waals surface area contributed by atoms with Gasteiger partial charge in [-0.2, -0.15) is 24.9 Å². The Balaban J connectivity index is 1.56. The number of carboxylic acid groups (broad SMARTS) is 1. The number of halogens is 3. The minimum atomic E-state index is -5.19. The van der Waals surface area contributed by atoms with Gasteiger partial charge in [0, 0.05) is 11.9 Å². The molecule has 5 atom stereocenters. The zero-order valence-corrected chi connectivity index (χ0v) is 17.1. The standard InChI is InChI=1S/C17H20F3N5O6S/c18-17(19,20)16(30)24-8(15(28)29)2-4-32-5-9-10(26)11(27)14(31-9)25-3-1-7-12(21)22-6-23-13(7)25/h1,3,6,8-11,14,26-27H,2,4-5H2,(H,24,30)(H,28,29)(H2,21,22,23). The first kappa shape index (κ1) is 24.0. The van der Waals surface area contributed by atoms with Crippen molar-refractivity contribution in [1.82, 2.24) is 19.9 Å². The molecule has 1 fully saturated rings. The third-order valence-electron chi connectivity index (χ3n) is 4.85. The summed E-state index contributed by atoms with van der Waals surface area (Å²) in [6.07, 6.45) is -7.04. The summed E-state index contributed by atoms with van der Waals surface area (Å²) < 4.78 is 44.2. The van der Waals surface area contributed by atoms with Crippen molar-refractivity contribution < 1.29 is 42.8 Å². The van der Waals surface area contributed by atoms with Crippen LogP contribution in [-0.4, -0.2) is 83.8 Å².